The van der Waals surface area contributed by atoms with Crippen molar-refractivity contribution in [1.29, 1.82) is 0 Å². The van der Waals surface area contributed by atoms with Gasteiger partial charge in [0.15, 0.2) is 0 Å². The number of aryl methyl sites for hydroxylation is 1. The van der Waals surface area contributed by atoms with Gasteiger partial charge in [0.1, 0.15) is 0 Å². The molecular formula is C16H19N5O2S. The first-order chi connectivity index (χ1) is 11.8. The number of thiophene rings is 1. The molecule has 1 aliphatic rings. The fourth-order valence-electron chi connectivity index (χ4n) is 2.83. The summed E-state index contributed by atoms with van der Waals surface area (Å²) in [4.78, 5) is 6.78. The molecule has 1 saturated heterocycles. The zero-order valence-corrected chi connectivity index (χ0v) is 14.3. The van der Waals surface area contributed by atoms with E-state index in [1.807, 2.05) is 40.8 Å². The van der Waals surface area contributed by atoms with Crippen LogP contribution in [0.1, 0.15) is 11.5 Å². The molecule has 0 amide bonds. The highest BCUT2D eigenvalue weighted by atomic mass is 32.1. The summed E-state index contributed by atoms with van der Waals surface area (Å²) < 4.78 is 13.2. The molecule has 0 N–H and O–H groups in total. The van der Waals surface area contributed by atoms with Gasteiger partial charge in [0.05, 0.1) is 32.0 Å². The highest BCUT2D eigenvalue weighted by Crippen LogP contribution is 2.19. The molecule has 0 saturated carbocycles. The van der Waals surface area contributed by atoms with Gasteiger partial charge >= 0.3 is 0 Å². The van der Waals surface area contributed by atoms with Crippen LogP contribution in [0.3, 0.4) is 0 Å². The standard InChI is InChI=1S/C16H19N5O2S/c1-12-6-17-21(7-12)9-14-8-20(3-4-22-14)10-15-18-16(19-23-15)13-2-5-24-11-13/h2,5-7,11,14H,3-4,8-10H2,1H3/t14-/m1/s1. The lowest BCUT2D eigenvalue weighted by Crippen LogP contribution is -2.43. The molecule has 1 atom stereocenters. The van der Waals surface area contributed by atoms with Gasteiger partial charge in [-0.2, -0.15) is 21.4 Å². The van der Waals surface area contributed by atoms with E-state index in [0.29, 0.717) is 24.9 Å². The second kappa shape index (κ2) is 6.84. The first-order valence-electron chi connectivity index (χ1n) is 7.94. The summed E-state index contributed by atoms with van der Waals surface area (Å²) in [6.45, 7) is 5.85. The van der Waals surface area contributed by atoms with Crippen molar-refractivity contribution in [2.75, 3.05) is 19.7 Å². The molecule has 3 aromatic heterocycles. The van der Waals surface area contributed by atoms with Crippen LogP contribution in [0, 0.1) is 6.92 Å². The Morgan fingerprint density at radius 3 is 3.17 bits per heavy atom. The fraction of sp³-hybridized carbons (Fsp3) is 0.438. The van der Waals surface area contributed by atoms with Gasteiger partial charge in [-0.3, -0.25) is 9.58 Å². The summed E-state index contributed by atoms with van der Waals surface area (Å²) in [7, 11) is 0. The van der Waals surface area contributed by atoms with Gasteiger partial charge in [-0.1, -0.05) is 5.16 Å². The van der Waals surface area contributed by atoms with Crippen molar-refractivity contribution in [2.24, 2.45) is 0 Å². The number of hydrogen-bond acceptors (Lipinski definition) is 7. The van der Waals surface area contributed by atoms with Gasteiger partial charge in [-0.15, -0.1) is 0 Å². The molecule has 0 radical (unpaired) electrons. The molecule has 0 spiro atoms. The molecule has 8 heteroatoms. The number of ether oxygens (including phenoxy) is 1. The normalized spacial score (nSPS) is 19.0. The summed E-state index contributed by atoms with van der Waals surface area (Å²) in [6.07, 6.45) is 4.02. The second-order valence-electron chi connectivity index (χ2n) is 5.99. The van der Waals surface area contributed by atoms with Crippen LogP contribution in [-0.2, 0) is 17.8 Å². The SMILES string of the molecule is Cc1cnn(C[C@H]2CN(Cc3nc(-c4ccsc4)no3)CCO2)c1. The average Bonchev–Trinajstić information content (AvgIpc) is 3.29. The number of hydrogen-bond donors (Lipinski definition) is 0. The Kier molecular flexibility index (Phi) is 4.42. The van der Waals surface area contributed by atoms with E-state index in [2.05, 4.69) is 20.1 Å². The summed E-state index contributed by atoms with van der Waals surface area (Å²) >= 11 is 1.63. The monoisotopic (exact) mass is 345 g/mol. The fourth-order valence-corrected chi connectivity index (χ4v) is 3.46. The quantitative estimate of drug-likeness (QED) is 0.706. The van der Waals surface area contributed by atoms with E-state index < -0.39 is 0 Å². The molecule has 0 bridgehead atoms. The molecule has 3 aromatic rings. The van der Waals surface area contributed by atoms with E-state index in [-0.39, 0.29) is 6.10 Å². The number of nitrogens with zero attached hydrogens (tertiary/aromatic N) is 5. The maximum Gasteiger partial charge on any atom is 0.241 e. The minimum Gasteiger partial charge on any atom is -0.374 e. The third kappa shape index (κ3) is 3.55. The van der Waals surface area contributed by atoms with Crippen LogP contribution in [0.25, 0.3) is 11.4 Å². The van der Waals surface area contributed by atoms with Crippen LogP contribution in [0.15, 0.2) is 33.7 Å². The first-order valence-corrected chi connectivity index (χ1v) is 8.89. The Morgan fingerprint density at radius 2 is 2.38 bits per heavy atom. The Bertz CT molecular complexity index is 782. The first kappa shape index (κ1) is 15.5. The largest absolute Gasteiger partial charge is 0.374 e. The summed E-state index contributed by atoms with van der Waals surface area (Å²) in [6, 6.07) is 2.00. The van der Waals surface area contributed by atoms with Gasteiger partial charge in [0.25, 0.3) is 0 Å². The smallest absolute Gasteiger partial charge is 0.241 e. The Hall–Kier alpha value is -2.03. The predicted octanol–water partition coefficient (Wildman–Crippen LogP) is 2.20. The van der Waals surface area contributed by atoms with Crippen LogP contribution in [0.4, 0.5) is 0 Å². The second-order valence-corrected chi connectivity index (χ2v) is 6.77. The average molecular weight is 345 g/mol. The molecule has 0 aromatic carbocycles. The number of morpholine rings is 1. The van der Waals surface area contributed by atoms with Crippen molar-refractivity contribution in [3.63, 3.8) is 0 Å². The van der Waals surface area contributed by atoms with Crippen molar-refractivity contribution >= 4 is 11.3 Å². The van der Waals surface area contributed by atoms with Gasteiger partial charge in [0.2, 0.25) is 11.7 Å². The molecular weight excluding hydrogens is 326 g/mol. The van der Waals surface area contributed by atoms with Gasteiger partial charge in [0, 0.05) is 30.2 Å². The lowest BCUT2D eigenvalue weighted by atomic mass is 10.2. The lowest BCUT2D eigenvalue weighted by Gasteiger charge is -2.31. The lowest BCUT2D eigenvalue weighted by molar-refractivity contribution is -0.0426. The van der Waals surface area contributed by atoms with Crippen molar-refractivity contribution in [1.82, 2.24) is 24.8 Å². The molecule has 1 fully saturated rings. The minimum atomic E-state index is 0.123. The molecule has 24 heavy (non-hydrogen) atoms. The zero-order valence-electron chi connectivity index (χ0n) is 13.5. The van der Waals surface area contributed by atoms with Crippen molar-refractivity contribution in [3.05, 3.63) is 40.7 Å². The third-order valence-electron chi connectivity index (χ3n) is 3.98. The van der Waals surface area contributed by atoms with Crippen LogP contribution in [0.2, 0.25) is 0 Å². The molecule has 7 nitrogen and oxygen atoms in total. The Balaban J connectivity index is 1.36. The topological polar surface area (TPSA) is 69.2 Å². The molecule has 4 rings (SSSR count). The summed E-state index contributed by atoms with van der Waals surface area (Å²) in [5.41, 5.74) is 2.17. The maximum atomic E-state index is 5.86. The highest BCUT2D eigenvalue weighted by Gasteiger charge is 2.23. The summed E-state index contributed by atoms with van der Waals surface area (Å²) in [5, 5.41) is 12.4. The molecule has 4 heterocycles. The van der Waals surface area contributed by atoms with E-state index >= 15 is 0 Å². The third-order valence-corrected chi connectivity index (χ3v) is 4.67. The van der Waals surface area contributed by atoms with E-state index in [1.54, 1.807) is 11.3 Å². The minimum absolute atomic E-state index is 0.123. The van der Waals surface area contributed by atoms with Crippen LogP contribution < -0.4 is 0 Å². The molecule has 0 unspecified atom stereocenters. The molecule has 0 aliphatic carbocycles. The number of aromatic nitrogens is 4. The van der Waals surface area contributed by atoms with E-state index in [0.717, 1.165) is 30.8 Å². The zero-order chi connectivity index (χ0) is 16.4. The van der Waals surface area contributed by atoms with Crippen LogP contribution in [0.5, 0.6) is 0 Å². The van der Waals surface area contributed by atoms with E-state index in [4.69, 9.17) is 9.26 Å². The van der Waals surface area contributed by atoms with Crippen molar-refractivity contribution in [3.8, 4) is 11.4 Å². The predicted molar refractivity (Wildman–Crippen MR) is 89.6 cm³/mol. The van der Waals surface area contributed by atoms with Crippen LogP contribution >= 0.6 is 11.3 Å². The van der Waals surface area contributed by atoms with Gasteiger partial charge < -0.3 is 9.26 Å². The molecule has 126 valence electrons. The van der Waals surface area contributed by atoms with Crippen LogP contribution in [-0.4, -0.2) is 50.6 Å². The van der Waals surface area contributed by atoms with E-state index in [1.165, 1.54) is 0 Å². The Morgan fingerprint density at radius 1 is 1.42 bits per heavy atom. The highest BCUT2D eigenvalue weighted by molar-refractivity contribution is 7.08. The van der Waals surface area contributed by atoms with Gasteiger partial charge in [-0.05, 0) is 23.9 Å². The number of rotatable bonds is 5. The van der Waals surface area contributed by atoms with Crippen molar-refractivity contribution < 1.29 is 9.26 Å². The van der Waals surface area contributed by atoms with Gasteiger partial charge in [-0.25, -0.2) is 0 Å². The van der Waals surface area contributed by atoms with Crippen molar-refractivity contribution in [2.45, 2.75) is 26.1 Å². The summed E-state index contributed by atoms with van der Waals surface area (Å²) in [5.74, 6) is 1.30. The molecule has 1 aliphatic heterocycles. The van der Waals surface area contributed by atoms with E-state index in [9.17, 15) is 0 Å². The Labute approximate surface area is 143 Å². The maximum absolute atomic E-state index is 5.86.